The number of carbonyl (C=O) groups is 2. The first-order chi connectivity index (χ1) is 13.8. The second-order valence-electron chi connectivity index (χ2n) is 6.28. The lowest BCUT2D eigenvalue weighted by Crippen LogP contribution is -2.24. The van der Waals surface area contributed by atoms with Crippen molar-refractivity contribution in [2.45, 2.75) is 18.4 Å². The van der Waals surface area contributed by atoms with Crippen LogP contribution in [0.3, 0.4) is 0 Å². The predicted octanol–water partition coefficient (Wildman–Crippen LogP) is 2.42. The monoisotopic (exact) mass is 413 g/mol. The van der Waals surface area contributed by atoms with E-state index in [0.717, 1.165) is 0 Å². The van der Waals surface area contributed by atoms with E-state index in [-0.39, 0.29) is 17.0 Å². The van der Waals surface area contributed by atoms with Gasteiger partial charge < -0.3 is 15.5 Å². The molecule has 0 unspecified atom stereocenters. The summed E-state index contributed by atoms with van der Waals surface area (Å²) in [4.78, 5) is 23.7. The molecule has 8 nitrogen and oxygen atoms in total. The number of primary amides is 1. The Bertz CT molecular complexity index is 1140. The predicted molar refractivity (Wildman–Crippen MR) is 107 cm³/mol. The Morgan fingerprint density at radius 1 is 1.07 bits per heavy atom. The summed E-state index contributed by atoms with van der Waals surface area (Å²) in [7, 11) is -3.84. The number of carbonyl (C=O) groups excluding carboxylic acids is 2. The van der Waals surface area contributed by atoms with Crippen molar-refractivity contribution in [1.82, 2.24) is 4.72 Å². The summed E-state index contributed by atoms with van der Waals surface area (Å²) in [5.74, 6) is -0.575. The number of rotatable bonds is 7. The van der Waals surface area contributed by atoms with Crippen molar-refractivity contribution in [1.29, 1.82) is 0 Å². The zero-order chi connectivity index (χ0) is 21.0. The molecule has 0 saturated heterocycles. The number of hydrogen-bond donors (Lipinski definition) is 3. The number of aryl methyl sites for hydroxylation is 1. The van der Waals surface area contributed by atoms with E-state index in [9.17, 15) is 18.0 Å². The zero-order valence-electron chi connectivity index (χ0n) is 15.5. The van der Waals surface area contributed by atoms with E-state index in [0.29, 0.717) is 22.6 Å². The van der Waals surface area contributed by atoms with E-state index in [1.807, 2.05) is 0 Å². The number of nitrogens with one attached hydrogen (secondary N) is 2. The van der Waals surface area contributed by atoms with Gasteiger partial charge in [0.15, 0.2) is 0 Å². The topological polar surface area (TPSA) is 132 Å². The van der Waals surface area contributed by atoms with E-state index in [1.54, 1.807) is 37.3 Å². The lowest BCUT2D eigenvalue weighted by molar-refractivity contribution is 0.0998. The van der Waals surface area contributed by atoms with E-state index < -0.39 is 21.8 Å². The normalized spacial score (nSPS) is 11.2. The Labute approximate surface area is 167 Å². The van der Waals surface area contributed by atoms with Gasteiger partial charge in [0.05, 0.1) is 17.7 Å². The highest BCUT2D eigenvalue weighted by atomic mass is 32.2. The van der Waals surface area contributed by atoms with Crippen molar-refractivity contribution in [2.24, 2.45) is 5.73 Å². The highest BCUT2D eigenvalue weighted by Gasteiger charge is 2.18. The van der Waals surface area contributed by atoms with Gasteiger partial charge >= 0.3 is 0 Å². The Balaban J connectivity index is 1.78. The van der Waals surface area contributed by atoms with Gasteiger partial charge in [0.2, 0.25) is 15.9 Å². The van der Waals surface area contributed by atoms with Crippen LogP contribution in [0.5, 0.6) is 0 Å². The van der Waals surface area contributed by atoms with Gasteiger partial charge in [0.25, 0.3) is 5.91 Å². The van der Waals surface area contributed by atoms with Crippen molar-refractivity contribution in [3.8, 4) is 0 Å². The van der Waals surface area contributed by atoms with Crippen LogP contribution in [-0.2, 0) is 16.6 Å². The third-order valence-corrected chi connectivity index (χ3v) is 5.61. The van der Waals surface area contributed by atoms with E-state index in [1.165, 1.54) is 30.5 Å². The number of anilines is 1. The summed E-state index contributed by atoms with van der Waals surface area (Å²) in [6.45, 7) is 1.70. The third kappa shape index (κ3) is 4.89. The molecule has 0 radical (unpaired) electrons. The van der Waals surface area contributed by atoms with Crippen LogP contribution in [-0.4, -0.2) is 20.2 Å². The Morgan fingerprint density at radius 2 is 1.79 bits per heavy atom. The van der Waals surface area contributed by atoms with Crippen LogP contribution in [0.25, 0.3) is 0 Å². The van der Waals surface area contributed by atoms with Crippen molar-refractivity contribution in [2.75, 3.05) is 5.32 Å². The fraction of sp³-hybridized carbons (Fsp3) is 0.100. The van der Waals surface area contributed by atoms with E-state index in [4.69, 9.17) is 10.2 Å². The Hall–Kier alpha value is -3.43. The molecule has 9 heteroatoms. The number of sulfonamides is 1. The summed E-state index contributed by atoms with van der Waals surface area (Å²) in [5.41, 5.74) is 6.78. The molecule has 2 aromatic carbocycles. The molecule has 3 rings (SSSR count). The molecule has 0 bridgehead atoms. The number of benzene rings is 2. The largest absolute Gasteiger partial charge is 0.468 e. The summed E-state index contributed by atoms with van der Waals surface area (Å²) in [6, 6.07) is 13.7. The van der Waals surface area contributed by atoms with Crippen LogP contribution in [0.2, 0.25) is 0 Å². The summed E-state index contributed by atoms with van der Waals surface area (Å²) < 4.78 is 32.6. The molecule has 0 saturated carbocycles. The van der Waals surface area contributed by atoms with Gasteiger partial charge in [-0.3, -0.25) is 9.59 Å². The van der Waals surface area contributed by atoms with Crippen LogP contribution in [0, 0.1) is 6.92 Å². The molecule has 4 N–H and O–H groups in total. The molecule has 0 spiro atoms. The number of nitrogens with two attached hydrogens (primary N) is 1. The highest BCUT2D eigenvalue weighted by Crippen LogP contribution is 2.18. The maximum atomic E-state index is 12.6. The van der Waals surface area contributed by atoms with Crippen LogP contribution in [0.15, 0.2) is 70.2 Å². The minimum Gasteiger partial charge on any atom is -0.468 e. The Kier molecular flexibility index (Phi) is 5.81. The molecule has 3 aromatic rings. The number of furan rings is 1. The first-order valence-corrected chi connectivity index (χ1v) is 10.1. The van der Waals surface area contributed by atoms with Crippen LogP contribution < -0.4 is 15.8 Å². The Morgan fingerprint density at radius 3 is 2.41 bits per heavy atom. The standard InChI is InChI=1S/C20H19N3O5S/c1-13-4-9-17(29(26,27)22-12-16-3-2-10-28-16)11-18(13)20(25)23-15-7-5-14(6-8-15)19(21)24/h2-11,22H,12H2,1H3,(H2,21,24)(H,23,25). The zero-order valence-corrected chi connectivity index (χ0v) is 16.3. The average molecular weight is 413 g/mol. The average Bonchev–Trinajstić information content (AvgIpc) is 3.21. The maximum absolute atomic E-state index is 12.6. The molecular formula is C20H19N3O5S. The summed E-state index contributed by atoms with van der Waals surface area (Å²) in [5, 5.41) is 2.68. The molecule has 150 valence electrons. The molecule has 0 atom stereocenters. The van der Waals surface area contributed by atoms with Gasteiger partial charge in [-0.05, 0) is 61.0 Å². The van der Waals surface area contributed by atoms with Gasteiger partial charge in [0.1, 0.15) is 5.76 Å². The van der Waals surface area contributed by atoms with Crippen LogP contribution in [0.4, 0.5) is 5.69 Å². The SMILES string of the molecule is Cc1ccc(S(=O)(=O)NCc2ccco2)cc1C(=O)Nc1ccc(C(N)=O)cc1. The smallest absolute Gasteiger partial charge is 0.255 e. The highest BCUT2D eigenvalue weighted by molar-refractivity contribution is 7.89. The molecule has 1 heterocycles. The molecule has 0 aliphatic rings. The molecular weight excluding hydrogens is 394 g/mol. The van der Waals surface area contributed by atoms with Gasteiger partial charge in [-0.15, -0.1) is 0 Å². The second kappa shape index (κ2) is 8.29. The first kappa shape index (κ1) is 20.3. The van der Waals surface area contributed by atoms with E-state index in [2.05, 4.69) is 10.0 Å². The van der Waals surface area contributed by atoms with Crippen molar-refractivity contribution < 1.29 is 22.4 Å². The minimum atomic E-state index is -3.84. The quantitative estimate of drug-likeness (QED) is 0.547. The number of hydrogen-bond acceptors (Lipinski definition) is 5. The summed E-state index contributed by atoms with van der Waals surface area (Å²) >= 11 is 0. The second-order valence-corrected chi connectivity index (χ2v) is 8.04. The molecule has 0 aliphatic carbocycles. The molecule has 2 amide bonds. The molecule has 29 heavy (non-hydrogen) atoms. The fourth-order valence-corrected chi connectivity index (χ4v) is 3.61. The van der Waals surface area contributed by atoms with Crippen molar-refractivity contribution in [3.63, 3.8) is 0 Å². The molecule has 0 fully saturated rings. The van der Waals surface area contributed by atoms with Crippen LogP contribution >= 0.6 is 0 Å². The maximum Gasteiger partial charge on any atom is 0.255 e. The van der Waals surface area contributed by atoms with Crippen molar-refractivity contribution in [3.05, 3.63) is 83.3 Å². The van der Waals surface area contributed by atoms with Gasteiger partial charge in [0, 0.05) is 16.8 Å². The lowest BCUT2D eigenvalue weighted by Gasteiger charge is -2.11. The number of amides is 2. The fourth-order valence-electron chi connectivity index (χ4n) is 2.59. The van der Waals surface area contributed by atoms with Gasteiger partial charge in [-0.2, -0.15) is 0 Å². The van der Waals surface area contributed by atoms with Gasteiger partial charge in [-0.25, -0.2) is 13.1 Å². The molecule has 1 aromatic heterocycles. The summed E-state index contributed by atoms with van der Waals surface area (Å²) in [6.07, 6.45) is 1.45. The van der Waals surface area contributed by atoms with Crippen molar-refractivity contribution >= 4 is 27.5 Å². The molecule has 0 aliphatic heterocycles. The van der Waals surface area contributed by atoms with Crippen LogP contribution in [0.1, 0.15) is 32.0 Å². The minimum absolute atomic E-state index is 0.00302. The van der Waals surface area contributed by atoms with E-state index >= 15 is 0 Å². The van der Waals surface area contributed by atoms with Gasteiger partial charge in [-0.1, -0.05) is 6.07 Å². The third-order valence-electron chi connectivity index (χ3n) is 4.21. The lowest BCUT2D eigenvalue weighted by atomic mass is 10.1. The first-order valence-electron chi connectivity index (χ1n) is 8.60.